The molecule has 3 heterocycles. The van der Waals surface area contributed by atoms with Crippen molar-refractivity contribution in [3.63, 3.8) is 0 Å². The molecule has 0 saturated carbocycles. The summed E-state index contributed by atoms with van der Waals surface area (Å²) in [5.41, 5.74) is 2.20. The molecule has 1 atom stereocenters. The number of benzene rings is 1. The quantitative estimate of drug-likeness (QED) is 0.669. The highest BCUT2D eigenvalue weighted by Crippen LogP contribution is 2.39. The number of rotatable bonds is 4. The lowest BCUT2D eigenvalue weighted by atomic mass is 10.2. The van der Waals surface area contributed by atoms with E-state index >= 15 is 0 Å². The summed E-state index contributed by atoms with van der Waals surface area (Å²) in [7, 11) is 1.91. The monoisotopic (exact) mass is 385 g/mol. The van der Waals surface area contributed by atoms with Crippen LogP contribution in [0.1, 0.15) is 27.0 Å². The Morgan fingerprint density at radius 3 is 2.92 bits per heavy atom. The predicted molar refractivity (Wildman–Crippen MR) is 105 cm³/mol. The van der Waals surface area contributed by atoms with Crippen LogP contribution in [0.5, 0.6) is 0 Å². The Morgan fingerprint density at radius 1 is 1.31 bits per heavy atom. The zero-order chi connectivity index (χ0) is 18.1. The average molecular weight is 385 g/mol. The third-order valence-corrected chi connectivity index (χ3v) is 6.34. The number of nitrogens with zero attached hydrogens (tertiary/aromatic N) is 2. The van der Waals surface area contributed by atoms with Gasteiger partial charge >= 0.3 is 0 Å². The van der Waals surface area contributed by atoms with Gasteiger partial charge in [-0.05, 0) is 42.2 Å². The molecule has 132 valence electrons. The van der Waals surface area contributed by atoms with E-state index in [0.717, 1.165) is 22.7 Å². The Morgan fingerprint density at radius 2 is 2.15 bits per heavy atom. The molecule has 1 unspecified atom stereocenters. The summed E-state index contributed by atoms with van der Waals surface area (Å²) < 4.78 is 15.6. The molecule has 0 spiro atoms. The topological polar surface area (TPSA) is 46.9 Å². The minimum Gasteiger partial charge on any atom is -0.319 e. The van der Waals surface area contributed by atoms with E-state index in [1.807, 2.05) is 17.8 Å². The van der Waals surface area contributed by atoms with Crippen LogP contribution < -0.4 is 5.32 Å². The molecule has 0 bridgehead atoms. The van der Waals surface area contributed by atoms with E-state index in [1.165, 1.54) is 17.4 Å². The first kappa shape index (κ1) is 17.1. The summed E-state index contributed by atoms with van der Waals surface area (Å²) in [6.45, 7) is 0. The lowest BCUT2D eigenvalue weighted by molar-refractivity contribution is 0.103. The Balaban J connectivity index is 1.54. The molecule has 0 saturated heterocycles. The van der Waals surface area contributed by atoms with Gasteiger partial charge in [0.2, 0.25) is 0 Å². The van der Waals surface area contributed by atoms with Crippen LogP contribution in [0.15, 0.2) is 53.9 Å². The zero-order valence-corrected chi connectivity index (χ0v) is 15.6. The van der Waals surface area contributed by atoms with Gasteiger partial charge in [-0.1, -0.05) is 18.2 Å². The lowest BCUT2D eigenvalue weighted by Crippen LogP contribution is -2.11. The highest BCUT2D eigenvalue weighted by Gasteiger charge is 2.20. The van der Waals surface area contributed by atoms with Gasteiger partial charge in [0, 0.05) is 7.05 Å². The molecule has 0 aliphatic carbocycles. The molecular formula is C19H16FN3OS2. The first-order chi connectivity index (χ1) is 12.6. The molecule has 3 aromatic rings. The van der Waals surface area contributed by atoms with Gasteiger partial charge in [-0.2, -0.15) is 5.10 Å². The van der Waals surface area contributed by atoms with E-state index in [1.54, 1.807) is 36.0 Å². The summed E-state index contributed by atoms with van der Waals surface area (Å²) in [5, 5.41) is 9.70. The van der Waals surface area contributed by atoms with Gasteiger partial charge in [0.05, 0.1) is 32.1 Å². The van der Waals surface area contributed by atoms with Gasteiger partial charge in [-0.3, -0.25) is 9.48 Å². The van der Waals surface area contributed by atoms with Crippen molar-refractivity contribution in [3.05, 3.63) is 70.3 Å². The van der Waals surface area contributed by atoms with Crippen LogP contribution in [-0.4, -0.2) is 15.7 Å². The fourth-order valence-corrected chi connectivity index (χ4v) is 4.63. The minimum atomic E-state index is -0.448. The van der Waals surface area contributed by atoms with E-state index in [0.29, 0.717) is 10.1 Å². The van der Waals surface area contributed by atoms with Crippen LogP contribution in [-0.2, 0) is 7.05 Å². The van der Waals surface area contributed by atoms with Gasteiger partial charge < -0.3 is 5.32 Å². The Hall–Kier alpha value is -2.38. The maximum Gasteiger partial charge on any atom is 0.265 e. The molecular weight excluding hydrogens is 369 g/mol. The fraction of sp³-hybridized carbons (Fsp3) is 0.158. The minimum absolute atomic E-state index is 0.182. The Bertz CT molecular complexity index is 984. The maximum absolute atomic E-state index is 13.7. The first-order valence-corrected chi connectivity index (χ1v) is 9.88. The van der Waals surface area contributed by atoms with Gasteiger partial charge in [0.25, 0.3) is 5.91 Å². The Labute approximate surface area is 158 Å². The summed E-state index contributed by atoms with van der Waals surface area (Å²) in [6, 6.07) is 11.9. The van der Waals surface area contributed by atoms with Crippen LogP contribution in [0.4, 0.5) is 10.1 Å². The molecule has 1 N–H and O–H groups in total. The molecule has 2 aromatic heterocycles. The second kappa shape index (κ2) is 7.09. The van der Waals surface area contributed by atoms with Crippen molar-refractivity contribution in [3.8, 4) is 10.6 Å². The number of amides is 1. The smallest absolute Gasteiger partial charge is 0.265 e. The standard InChI is InChI=1S/C19H16FN3OS2/c1-23-15(11-14(22-23)16-7-4-10-25-16)17-8-9-18(26-17)19(24)21-13-6-3-2-5-12(13)20/h2-6,8-11,16H,7H2,1H3,(H,21,24). The van der Waals surface area contributed by atoms with Gasteiger partial charge in [0.15, 0.2) is 0 Å². The van der Waals surface area contributed by atoms with Crippen LogP contribution in [0.2, 0.25) is 0 Å². The van der Waals surface area contributed by atoms with Crippen molar-refractivity contribution >= 4 is 34.7 Å². The van der Waals surface area contributed by atoms with Crippen molar-refractivity contribution < 1.29 is 9.18 Å². The second-order valence-electron chi connectivity index (χ2n) is 5.91. The molecule has 7 heteroatoms. The molecule has 4 nitrogen and oxygen atoms in total. The third-order valence-electron chi connectivity index (χ3n) is 4.12. The van der Waals surface area contributed by atoms with Crippen LogP contribution in [0, 0.1) is 5.82 Å². The van der Waals surface area contributed by atoms with Crippen molar-refractivity contribution in [1.82, 2.24) is 9.78 Å². The number of carbonyl (C=O) groups is 1. The summed E-state index contributed by atoms with van der Waals surface area (Å²) >= 11 is 3.14. The molecule has 1 aliphatic heterocycles. The lowest BCUT2D eigenvalue weighted by Gasteiger charge is -2.04. The van der Waals surface area contributed by atoms with Crippen LogP contribution in [0.25, 0.3) is 10.6 Å². The third kappa shape index (κ3) is 3.32. The number of para-hydroxylation sites is 1. The largest absolute Gasteiger partial charge is 0.319 e. The van der Waals surface area contributed by atoms with Crippen LogP contribution >= 0.6 is 23.1 Å². The number of thioether (sulfide) groups is 1. The van der Waals surface area contributed by atoms with E-state index in [4.69, 9.17) is 0 Å². The highest BCUT2D eigenvalue weighted by atomic mass is 32.2. The number of halogens is 1. The summed E-state index contributed by atoms with van der Waals surface area (Å²) in [5.74, 6) is -0.763. The number of anilines is 1. The summed E-state index contributed by atoms with van der Waals surface area (Å²) in [6.07, 6.45) is 3.14. The van der Waals surface area contributed by atoms with Crippen molar-refractivity contribution in [2.75, 3.05) is 5.32 Å². The number of hydrogen-bond donors (Lipinski definition) is 1. The van der Waals surface area contributed by atoms with Gasteiger partial charge in [-0.25, -0.2) is 4.39 Å². The van der Waals surface area contributed by atoms with E-state index in [-0.39, 0.29) is 11.6 Å². The number of hydrogen-bond acceptors (Lipinski definition) is 4. The number of allylic oxidation sites excluding steroid dienone is 1. The number of nitrogens with one attached hydrogen (secondary N) is 1. The van der Waals surface area contributed by atoms with E-state index in [9.17, 15) is 9.18 Å². The molecule has 26 heavy (non-hydrogen) atoms. The fourth-order valence-electron chi connectivity index (χ4n) is 2.80. The van der Waals surface area contributed by atoms with Gasteiger partial charge in [0.1, 0.15) is 5.82 Å². The average Bonchev–Trinajstić information content (AvgIpc) is 3.36. The molecule has 0 fully saturated rings. The van der Waals surface area contributed by atoms with Gasteiger partial charge in [-0.15, -0.1) is 23.1 Å². The maximum atomic E-state index is 13.7. The normalized spacial score (nSPS) is 16.2. The Kier molecular flexibility index (Phi) is 4.65. The second-order valence-corrected chi connectivity index (χ2v) is 8.11. The van der Waals surface area contributed by atoms with Crippen molar-refractivity contribution in [2.24, 2.45) is 7.05 Å². The van der Waals surface area contributed by atoms with E-state index < -0.39 is 5.82 Å². The first-order valence-electron chi connectivity index (χ1n) is 8.12. The van der Waals surface area contributed by atoms with E-state index in [2.05, 4.69) is 28.0 Å². The highest BCUT2D eigenvalue weighted by molar-refractivity contribution is 8.02. The van der Waals surface area contributed by atoms with Crippen molar-refractivity contribution in [1.29, 1.82) is 0 Å². The number of carbonyl (C=O) groups excluding carboxylic acids is 1. The number of aryl methyl sites for hydroxylation is 1. The SMILES string of the molecule is Cn1nc(C2CC=CS2)cc1-c1ccc(C(=O)Nc2ccccc2F)s1. The molecule has 0 radical (unpaired) electrons. The molecule has 4 rings (SSSR count). The zero-order valence-electron chi connectivity index (χ0n) is 14.0. The summed E-state index contributed by atoms with van der Waals surface area (Å²) in [4.78, 5) is 13.9. The number of aromatic nitrogens is 2. The molecule has 1 amide bonds. The molecule has 1 aliphatic rings. The van der Waals surface area contributed by atoms with Crippen molar-refractivity contribution in [2.45, 2.75) is 11.7 Å². The van der Waals surface area contributed by atoms with Crippen LogP contribution in [0.3, 0.4) is 0 Å². The predicted octanol–water partition coefficient (Wildman–Crippen LogP) is 5.23. The number of thiophene rings is 1. The molecule has 1 aromatic carbocycles.